The molecule has 2 aromatic heterocycles. The van der Waals surface area contributed by atoms with Crippen LogP contribution in [0.25, 0.3) is 10.2 Å². The van der Waals surface area contributed by atoms with E-state index in [1.165, 1.54) is 12.8 Å². The topological polar surface area (TPSA) is 41.1 Å². The molecule has 0 atom stereocenters. The fourth-order valence-electron chi connectivity index (χ4n) is 4.46. The van der Waals surface area contributed by atoms with Crippen LogP contribution in [0.3, 0.4) is 0 Å². The minimum Gasteiger partial charge on any atom is -0.357 e. The number of alkyl halides is 3. The summed E-state index contributed by atoms with van der Waals surface area (Å²) in [6.07, 6.45) is -1.51. The van der Waals surface area contributed by atoms with Crippen LogP contribution in [-0.4, -0.2) is 36.3 Å². The molecule has 0 aromatic carbocycles. The molecule has 1 spiro atoms. The summed E-state index contributed by atoms with van der Waals surface area (Å²) in [6.45, 7) is 4.13. The number of hydrogen-bond acceptors (Lipinski definition) is 5. The van der Waals surface area contributed by atoms with Crippen molar-refractivity contribution in [2.45, 2.75) is 38.8 Å². The van der Waals surface area contributed by atoms with E-state index in [4.69, 9.17) is 0 Å². The number of halogens is 3. The number of aromatic nitrogens is 2. The monoisotopic (exact) mass is 370 g/mol. The fourth-order valence-corrected chi connectivity index (χ4v) is 5.51. The van der Waals surface area contributed by atoms with Crippen LogP contribution in [0.4, 0.5) is 24.9 Å². The summed E-state index contributed by atoms with van der Waals surface area (Å²) in [6, 6.07) is 1.62. The van der Waals surface area contributed by atoms with Crippen LogP contribution in [0.1, 0.15) is 31.1 Å². The normalized spacial score (nSPS) is 26.4. The number of nitrogens with zero attached hydrogens (tertiary/aromatic N) is 3. The van der Waals surface area contributed by atoms with Crippen LogP contribution < -0.4 is 10.2 Å². The second kappa shape index (κ2) is 5.72. The van der Waals surface area contributed by atoms with Crippen LogP contribution >= 0.6 is 11.3 Å². The number of hydrogen-bond donors (Lipinski definition) is 1. The van der Waals surface area contributed by atoms with E-state index in [-0.39, 0.29) is 4.88 Å². The quantitative estimate of drug-likeness (QED) is 0.866. The Bertz CT molecular complexity index is 795. The van der Waals surface area contributed by atoms with Gasteiger partial charge in [0.2, 0.25) is 5.95 Å². The Hall–Kier alpha value is -1.57. The van der Waals surface area contributed by atoms with E-state index in [9.17, 15) is 13.2 Å². The molecule has 1 N–H and O–H groups in total. The molecule has 2 aliphatic rings. The van der Waals surface area contributed by atoms with Gasteiger partial charge in [0.15, 0.2) is 0 Å². The van der Waals surface area contributed by atoms with Gasteiger partial charge in [0.25, 0.3) is 0 Å². The van der Waals surface area contributed by atoms with Gasteiger partial charge < -0.3 is 10.2 Å². The molecule has 136 valence electrons. The van der Waals surface area contributed by atoms with Gasteiger partial charge in [-0.2, -0.15) is 18.2 Å². The first-order valence-corrected chi connectivity index (χ1v) is 9.38. The number of rotatable bonds is 3. The van der Waals surface area contributed by atoms with Crippen LogP contribution in [0.5, 0.6) is 0 Å². The van der Waals surface area contributed by atoms with Gasteiger partial charge >= 0.3 is 6.18 Å². The minimum absolute atomic E-state index is 0.289. The van der Waals surface area contributed by atoms with Crippen molar-refractivity contribution in [2.75, 3.05) is 30.4 Å². The van der Waals surface area contributed by atoms with E-state index in [1.807, 2.05) is 0 Å². The highest BCUT2D eigenvalue weighted by Gasteiger charge is 2.47. The van der Waals surface area contributed by atoms with Crippen molar-refractivity contribution in [1.82, 2.24) is 9.97 Å². The number of anilines is 2. The molecule has 0 unspecified atom stereocenters. The lowest BCUT2D eigenvalue weighted by atomic mass is 9.62. The van der Waals surface area contributed by atoms with Gasteiger partial charge in [-0.3, -0.25) is 0 Å². The lowest BCUT2D eigenvalue weighted by molar-refractivity contribution is -0.126. The van der Waals surface area contributed by atoms with E-state index >= 15 is 0 Å². The van der Waals surface area contributed by atoms with Gasteiger partial charge in [0.1, 0.15) is 10.6 Å². The maximum Gasteiger partial charge on any atom is 0.393 e. The molecule has 1 aliphatic heterocycles. The van der Waals surface area contributed by atoms with Crippen LogP contribution in [0, 0.1) is 11.3 Å². The van der Waals surface area contributed by atoms with Crippen LogP contribution in [0.2, 0.25) is 0 Å². The fraction of sp³-hybridized carbons (Fsp3) is 0.647. The first-order valence-electron chi connectivity index (χ1n) is 8.57. The summed E-state index contributed by atoms with van der Waals surface area (Å²) in [7, 11) is 1.73. The lowest BCUT2D eigenvalue weighted by Crippen LogP contribution is -2.38. The Morgan fingerprint density at radius 3 is 2.76 bits per heavy atom. The summed E-state index contributed by atoms with van der Waals surface area (Å²) in [4.78, 5) is 12.1. The maximum absolute atomic E-state index is 12.8. The van der Waals surface area contributed by atoms with E-state index in [1.54, 1.807) is 13.1 Å². The van der Waals surface area contributed by atoms with Gasteiger partial charge in [-0.25, -0.2) is 4.98 Å². The molecular formula is C17H21F3N4S. The van der Waals surface area contributed by atoms with Crippen molar-refractivity contribution < 1.29 is 13.2 Å². The van der Waals surface area contributed by atoms with Crippen molar-refractivity contribution in [3.8, 4) is 0 Å². The second-order valence-electron chi connectivity index (χ2n) is 7.53. The van der Waals surface area contributed by atoms with E-state index in [0.717, 1.165) is 48.0 Å². The Morgan fingerprint density at radius 2 is 2.12 bits per heavy atom. The van der Waals surface area contributed by atoms with Crippen molar-refractivity contribution in [2.24, 2.45) is 11.3 Å². The highest BCUT2D eigenvalue weighted by molar-refractivity contribution is 7.18. The maximum atomic E-state index is 12.8. The molecule has 8 heteroatoms. The van der Waals surface area contributed by atoms with E-state index in [0.29, 0.717) is 16.2 Å². The predicted octanol–water partition coefficient (Wildman–Crippen LogP) is 4.46. The van der Waals surface area contributed by atoms with Gasteiger partial charge in [0, 0.05) is 25.0 Å². The Labute approximate surface area is 148 Å². The summed E-state index contributed by atoms with van der Waals surface area (Å²) < 4.78 is 38.3. The highest BCUT2D eigenvalue weighted by Crippen LogP contribution is 2.52. The molecule has 4 rings (SSSR count). The molecule has 3 heterocycles. The summed E-state index contributed by atoms with van der Waals surface area (Å²) >= 11 is 1.11. The zero-order valence-corrected chi connectivity index (χ0v) is 15.1. The third-order valence-electron chi connectivity index (χ3n) is 5.32. The minimum atomic E-state index is -4.21. The van der Waals surface area contributed by atoms with Gasteiger partial charge in [0.05, 0.1) is 11.8 Å². The molecule has 4 nitrogen and oxygen atoms in total. The SMILES string of the molecule is CNc1nc(N2CCC3(CC(C)C3)C2)c2cc(CC(F)(F)F)sc2n1. The molecule has 0 bridgehead atoms. The largest absolute Gasteiger partial charge is 0.393 e. The molecule has 1 saturated carbocycles. The zero-order valence-electron chi connectivity index (χ0n) is 14.3. The van der Waals surface area contributed by atoms with E-state index in [2.05, 4.69) is 27.1 Å². The second-order valence-corrected chi connectivity index (χ2v) is 8.64. The van der Waals surface area contributed by atoms with Crippen molar-refractivity contribution >= 4 is 33.3 Å². The Morgan fingerprint density at radius 1 is 1.36 bits per heavy atom. The molecule has 0 radical (unpaired) electrons. The van der Waals surface area contributed by atoms with Crippen molar-refractivity contribution in [1.29, 1.82) is 0 Å². The lowest BCUT2D eigenvalue weighted by Gasteiger charge is -2.43. The zero-order chi connectivity index (χ0) is 17.8. The third kappa shape index (κ3) is 3.16. The predicted molar refractivity (Wildman–Crippen MR) is 94.4 cm³/mol. The average Bonchev–Trinajstić information content (AvgIpc) is 3.07. The van der Waals surface area contributed by atoms with Gasteiger partial charge in [-0.15, -0.1) is 11.3 Å². The molecule has 1 saturated heterocycles. The molecular weight excluding hydrogens is 349 g/mol. The molecule has 1 aliphatic carbocycles. The molecule has 0 amide bonds. The van der Waals surface area contributed by atoms with Crippen molar-refractivity contribution in [3.63, 3.8) is 0 Å². The summed E-state index contributed by atoms with van der Waals surface area (Å²) in [5.74, 6) is 2.01. The molecule has 2 fully saturated rings. The van der Waals surface area contributed by atoms with Gasteiger partial charge in [-0.1, -0.05) is 6.92 Å². The summed E-state index contributed by atoms with van der Waals surface area (Å²) in [5.41, 5.74) is 0.376. The Balaban J connectivity index is 1.69. The smallest absolute Gasteiger partial charge is 0.357 e. The van der Waals surface area contributed by atoms with Crippen molar-refractivity contribution in [3.05, 3.63) is 10.9 Å². The van der Waals surface area contributed by atoms with Crippen LogP contribution in [0.15, 0.2) is 6.07 Å². The number of nitrogens with one attached hydrogen (secondary N) is 1. The number of fused-ring (bicyclic) bond motifs is 1. The highest BCUT2D eigenvalue weighted by atomic mass is 32.1. The average molecular weight is 370 g/mol. The molecule has 25 heavy (non-hydrogen) atoms. The van der Waals surface area contributed by atoms with E-state index < -0.39 is 12.6 Å². The number of thiophene rings is 1. The van der Waals surface area contributed by atoms with Crippen LogP contribution in [-0.2, 0) is 6.42 Å². The summed E-state index contributed by atoms with van der Waals surface area (Å²) in [5, 5.41) is 3.68. The molecule has 2 aromatic rings. The third-order valence-corrected chi connectivity index (χ3v) is 6.35. The first kappa shape index (κ1) is 16.9. The first-order chi connectivity index (χ1) is 11.8. The standard InChI is InChI=1S/C17H21F3N4S/c1-10-6-16(7-10)3-4-24(9-16)13-12-5-11(8-17(18,19)20)25-14(12)23-15(21-2)22-13/h5,10H,3-4,6-9H2,1-2H3,(H,21,22,23). The van der Waals surface area contributed by atoms with Gasteiger partial charge in [-0.05, 0) is 36.7 Å². The Kier molecular flexibility index (Phi) is 3.86.